The summed E-state index contributed by atoms with van der Waals surface area (Å²) in [5.74, 6) is 1.84. The van der Waals surface area contributed by atoms with Crippen LogP contribution in [0.3, 0.4) is 0 Å². The summed E-state index contributed by atoms with van der Waals surface area (Å²) in [6.07, 6.45) is 5.25. The molecule has 6 heteroatoms. The van der Waals surface area contributed by atoms with Crippen molar-refractivity contribution in [1.29, 1.82) is 0 Å². The van der Waals surface area contributed by atoms with Gasteiger partial charge in [-0.3, -0.25) is 4.79 Å². The minimum absolute atomic E-state index is 0.177. The molecule has 0 aliphatic carbocycles. The molecule has 128 valence electrons. The number of aromatic nitrogens is 3. The number of benzene rings is 1. The Morgan fingerprint density at radius 3 is 2.83 bits per heavy atom. The van der Waals surface area contributed by atoms with Crippen LogP contribution in [0.5, 0.6) is 0 Å². The Morgan fingerprint density at radius 2 is 2.04 bits per heavy atom. The molecule has 0 saturated heterocycles. The van der Waals surface area contributed by atoms with E-state index in [0.717, 1.165) is 30.2 Å². The van der Waals surface area contributed by atoms with E-state index in [1.54, 1.807) is 6.92 Å². The molecule has 6 nitrogen and oxygen atoms in total. The van der Waals surface area contributed by atoms with E-state index in [1.807, 2.05) is 30.3 Å². The fraction of sp³-hybridized carbons (Fsp3) is 0.500. The van der Waals surface area contributed by atoms with E-state index in [-0.39, 0.29) is 5.91 Å². The van der Waals surface area contributed by atoms with E-state index in [0.29, 0.717) is 13.0 Å². The first-order chi connectivity index (χ1) is 11.6. The predicted molar refractivity (Wildman–Crippen MR) is 92.3 cm³/mol. The summed E-state index contributed by atoms with van der Waals surface area (Å²) < 4.78 is 2.21. The van der Waals surface area contributed by atoms with Crippen LogP contribution in [0.15, 0.2) is 30.3 Å². The van der Waals surface area contributed by atoms with Gasteiger partial charge in [0.2, 0.25) is 5.91 Å². The lowest BCUT2D eigenvalue weighted by Crippen LogP contribution is -2.49. The molecule has 0 bridgehead atoms. The van der Waals surface area contributed by atoms with Crippen LogP contribution in [0.4, 0.5) is 0 Å². The van der Waals surface area contributed by atoms with Crippen LogP contribution in [0.25, 0.3) is 0 Å². The highest BCUT2D eigenvalue weighted by Gasteiger charge is 2.30. The Labute approximate surface area is 142 Å². The summed E-state index contributed by atoms with van der Waals surface area (Å²) in [6.45, 7) is 3.22. The molecule has 1 aromatic carbocycles. The van der Waals surface area contributed by atoms with Gasteiger partial charge in [-0.2, -0.15) is 0 Å². The average molecular weight is 327 g/mol. The van der Waals surface area contributed by atoms with Crippen LogP contribution in [0, 0.1) is 0 Å². The minimum atomic E-state index is -1.04. The van der Waals surface area contributed by atoms with Crippen molar-refractivity contribution in [2.45, 2.75) is 51.1 Å². The number of nitrogens with zero attached hydrogens (tertiary/aromatic N) is 3. The number of hydrogen-bond acceptors (Lipinski definition) is 4. The van der Waals surface area contributed by atoms with E-state index in [1.165, 1.54) is 19.3 Å². The average Bonchev–Trinajstić information content (AvgIpc) is 2.82. The van der Waals surface area contributed by atoms with Gasteiger partial charge < -0.3 is 15.6 Å². The van der Waals surface area contributed by atoms with Crippen molar-refractivity contribution in [2.75, 3.05) is 6.54 Å². The van der Waals surface area contributed by atoms with Crippen molar-refractivity contribution in [3.63, 3.8) is 0 Å². The summed E-state index contributed by atoms with van der Waals surface area (Å²) in [5, 5.41) is 11.5. The third-order valence-corrected chi connectivity index (χ3v) is 4.67. The normalized spacial score (nSPS) is 16.8. The fourth-order valence-electron chi connectivity index (χ4n) is 3.12. The molecule has 1 aliphatic heterocycles. The molecule has 2 aromatic rings. The van der Waals surface area contributed by atoms with Crippen molar-refractivity contribution in [3.05, 3.63) is 47.5 Å². The maximum absolute atomic E-state index is 12.5. The van der Waals surface area contributed by atoms with Gasteiger partial charge in [-0.25, -0.2) is 0 Å². The topological polar surface area (TPSA) is 85.8 Å². The van der Waals surface area contributed by atoms with Crippen molar-refractivity contribution in [3.8, 4) is 0 Å². The van der Waals surface area contributed by atoms with E-state index in [4.69, 9.17) is 5.73 Å². The number of carbonyl (C=O) groups excluding carboxylic acids is 1. The van der Waals surface area contributed by atoms with Gasteiger partial charge >= 0.3 is 0 Å². The first-order valence-electron chi connectivity index (χ1n) is 8.62. The summed E-state index contributed by atoms with van der Waals surface area (Å²) in [4.78, 5) is 12.5. The molecule has 3 rings (SSSR count). The SMILES string of the molecule is CC(N)(C(=O)NCCc1nnc2n1CCCCC2)c1ccccc1. The molecule has 0 spiro atoms. The van der Waals surface area contributed by atoms with Gasteiger partial charge in [0.15, 0.2) is 0 Å². The second-order valence-corrected chi connectivity index (χ2v) is 6.57. The smallest absolute Gasteiger partial charge is 0.244 e. The summed E-state index contributed by atoms with van der Waals surface area (Å²) in [5.41, 5.74) is 5.99. The van der Waals surface area contributed by atoms with Gasteiger partial charge in [0.1, 0.15) is 17.2 Å². The Kier molecular flexibility index (Phi) is 4.94. The number of fused-ring (bicyclic) bond motifs is 1. The molecule has 1 atom stereocenters. The lowest BCUT2D eigenvalue weighted by Gasteiger charge is -2.24. The van der Waals surface area contributed by atoms with Gasteiger partial charge in [-0.05, 0) is 25.3 Å². The third-order valence-electron chi connectivity index (χ3n) is 4.67. The number of hydrogen-bond donors (Lipinski definition) is 2. The van der Waals surface area contributed by atoms with Crippen molar-refractivity contribution in [2.24, 2.45) is 5.73 Å². The minimum Gasteiger partial charge on any atom is -0.354 e. The second-order valence-electron chi connectivity index (χ2n) is 6.57. The largest absolute Gasteiger partial charge is 0.354 e. The number of aryl methyl sites for hydroxylation is 1. The van der Waals surface area contributed by atoms with E-state index < -0.39 is 5.54 Å². The van der Waals surface area contributed by atoms with Crippen LogP contribution >= 0.6 is 0 Å². The molecule has 3 N–H and O–H groups in total. The first kappa shape index (κ1) is 16.6. The highest BCUT2D eigenvalue weighted by molar-refractivity contribution is 5.86. The summed E-state index contributed by atoms with van der Waals surface area (Å²) in [7, 11) is 0. The highest BCUT2D eigenvalue weighted by atomic mass is 16.2. The van der Waals surface area contributed by atoms with Crippen LogP contribution in [-0.4, -0.2) is 27.2 Å². The van der Waals surface area contributed by atoms with Crippen LogP contribution in [0.2, 0.25) is 0 Å². The Balaban J connectivity index is 1.59. The van der Waals surface area contributed by atoms with Crippen LogP contribution < -0.4 is 11.1 Å². The lowest BCUT2D eigenvalue weighted by molar-refractivity contribution is -0.126. The van der Waals surface area contributed by atoms with Gasteiger partial charge in [-0.1, -0.05) is 36.8 Å². The monoisotopic (exact) mass is 327 g/mol. The Bertz CT molecular complexity index is 693. The zero-order valence-corrected chi connectivity index (χ0v) is 14.2. The fourth-order valence-corrected chi connectivity index (χ4v) is 3.12. The molecule has 0 radical (unpaired) electrons. The number of nitrogens with one attached hydrogen (secondary N) is 1. The van der Waals surface area contributed by atoms with Crippen LogP contribution in [-0.2, 0) is 29.7 Å². The molecule has 1 unspecified atom stereocenters. The molecule has 0 fully saturated rings. The summed E-state index contributed by atoms with van der Waals surface area (Å²) >= 11 is 0. The Morgan fingerprint density at radius 1 is 1.25 bits per heavy atom. The van der Waals surface area contributed by atoms with Gasteiger partial charge in [-0.15, -0.1) is 10.2 Å². The lowest BCUT2D eigenvalue weighted by atomic mass is 9.92. The molecule has 1 aromatic heterocycles. The van der Waals surface area contributed by atoms with Gasteiger partial charge in [0, 0.05) is 25.9 Å². The maximum atomic E-state index is 12.5. The quantitative estimate of drug-likeness (QED) is 0.872. The molecule has 1 aliphatic rings. The molecular formula is C18H25N5O. The molecule has 24 heavy (non-hydrogen) atoms. The highest BCUT2D eigenvalue weighted by Crippen LogP contribution is 2.17. The predicted octanol–water partition coefficient (Wildman–Crippen LogP) is 1.54. The number of carbonyl (C=O) groups is 1. The second kappa shape index (κ2) is 7.13. The maximum Gasteiger partial charge on any atom is 0.244 e. The molecule has 2 heterocycles. The zero-order valence-electron chi connectivity index (χ0n) is 14.2. The van der Waals surface area contributed by atoms with E-state index in [9.17, 15) is 4.79 Å². The van der Waals surface area contributed by atoms with Crippen molar-refractivity contribution < 1.29 is 4.79 Å². The number of nitrogens with two attached hydrogens (primary N) is 1. The number of rotatable bonds is 5. The number of amides is 1. The third kappa shape index (κ3) is 3.48. The zero-order chi connectivity index (χ0) is 17.0. The molecule has 0 saturated carbocycles. The summed E-state index contributed by atoms with van der Waals surface area (Å²) in [6, 6.07) is 9.43. The van der Waals surface area contributed by atoms with Gasteiger partial charge in [0.05, 0.1) is 0 Å². The van der Waals surface area contributed by atoms with Crippen LogP contribution in [0.1, 0.15) is 43.4 Å². The van der Waals surface area contributed by atoms with Crippen molar-refractivity contribution >= 4 is 5.91 Å². The Hall–Kier alpha value is -2.21. The van der Waals surface area contributed by atoms with E-state index in [2.05, 4.69) is 20.1 Å². The first-order valence-corrected chi connectivity index (χ1v) is 8.62. The molecule has 1 amide bonds. The standard InChI is InChI=1S/C18H25N5O/c1-18(19,14-8-4-2-5-9-14)17(24)20-12-11-16-22-21-15-10-6-3-7-13-23(15)16/h2,4-5,8-9H,3,6-7,10-13,19H2,1H3,(H,20,24). The molecular weight excluding hydrogens is 302 g/mol. The van der Waals surface area contributed by atoms with E-state index >= 15 is 0 Å². The van der Waals surface area contributed by atoms with Gasteiger partial charge in [0.25, 0.3) is 0 Å². The van der Waals surface area contributed by atoms with Crippen molar-refractivity contribution in [1.82, 2.24) is 20.1 Å².